The van der Waals surface area contributed by atoms with Crippen molar-refractivity contribution in [3.63, 3.8) is 0 Å². The van der Waals surface area contributed by atoms with E-state index in [4.69, 9.17) is 0 Å². The minimum atomic E-state index is -4.50. The molecule has 2 aromatic rings. The topological polar surface area (TPSA) is 100 Å². The molecule has 7 nitrogen and oxygen atoms in total. The van der Waals surface area contributed by atoms with Gasteiger partial charge in [-0.05, 0) is 13.3 Å². The standard InChI is InChI=1S/C21H38N4O3S2.Na/c1-3-4-5-6-7-8-9-10-11-12-13-14-15-16-17-19(30(26,27)28)20-22-23-21-25(20)24-18(2)29-21;/h19H,3-17H2,1-2H3,(H,26,27,28);/q;+1/p-1. The Morgan fingerprint density at radius 3 is 1.84 bits per heavy atom. The summed E-state index contributed by atoms with van der Waals surface area (Å²) in [6.45, 7) is 4.07. The smallest absolute Gasteiger partial charge is 0.747 e. The van der Waals surface area contributed by atoms with Gasteiger partial charge in [-0.1, -0.05) is 108 Å². The molecule has 0 aliphatic carbocycles. The molecule has 0 aliphatic heterocycles. The van der Waals surface area contributed by atoms with Crippen LogP contribution in [0.4, 0.5) is 0 Å². The maximum atomic E-state index is 11.8. The molecule has 0 spiro atoms. The average Bonchev–Trinajstić information content (AvgIpc) is 3.23. The molecule has 10 heteroatoms. The molecule has 1 unspecified atom stereocenters. The second-order valence-electron chi connectivity index (χ2n) is 8.24. The fourth-order valence-corrected chi connectivity index (χ4v) is 5.41. The molecular formula is C21H37N4NaO3S2. The van der Waals surface area contributed by atoms with Crippen molar-refractivity contribution in [3.05, 3.63) is 10.8 Å². The number of aromatic nitrogens is 4. The third-order valence-electron chi connectivity index (χ3n) is 5.57. The van der Waals surface area contributed by atoms with Gasteiger partial charge in [-0.3, -0.25) is 0 Å². The fraction of sp³-hybridized carbons (Fsp3) is 0.857. The fourth-order valence-electron chi connectivity index (χ4n) is 3.86. The summed E-state index contributed by atoms with van der Waals surface area (Å²) in [4.78, 5) is 0.525. The number of aryl methyl sites for hydroxylation is 1. The molecule has 172 valence electrons. The zero-order valence-corrected chi connectivity index (χ0v) is 23.1. The molecule has 0 fully saturated rings. The van der Waals surface area contributed by atoms with Gasteiger partial charge >= 0.3 is 29.6 Å². The number of nitrogens with zero attached hydrogens (tertiary/aromatic N) is 4. The van der Waals surface area contributed by atoms with Crippen molar-refractivity contribution in [1.29, 1.82) is 0 Å². The molecule has 2 heterocycles. The molecule has 2 rings (SSSR count). The largest absolute Gasteiger partial charge is 1.00 e. The van der Waals surface area contributed by atoms with Crippen molar-refractivity contribution in [2.75, 3.05) is 0 Å². The first-order chi connectivity index (χ1) is 14.4. The number of hydrogen-bond donors (Lipinski definition) is 0. The van der Waals surface area contributed by atoms with Gasteiger partial charge < -0.3 is 4.55 Å². The summed E-state index contributed by atoms with van der Waals surface area (Å²) in [5, 5.41) is 11.7. The van der Waals surface area contributed by atoms with E-state index in [1.165, 1.54) is 86.5 Å². The van der Waals surface area contributed by atoms with E-state index in [0.717, 1.165) is 17.8 Å². The van der Waals surface area contributed by atoms with E-state index in [1.54, 1.807) is 0 Å². The van der Waals surface area contributed by atoms with Crippen LogP contribution in [0.2, 0.25) is 0 Å². The van der Waals surface area contributed by atoms with Crippen LogP contribution in [0.15, 0.2) is 0 Å². The Labute approximate surface area is 213 Å². The molecule has 0 amide bonds. The van der Waals surface area contributed by atoms with Gasteiger partial charge in [-0.2, -0.15) is 9.61 Å². The first-order valence-electron chi connectivity index (χ1n) is 11.6. The number of hydrogen-bond acceptors (Lipinski definition) is 7. The van der Waals surface area contributed by atoms with E-state index >= 15 is 0 Å². The van der Waals surface area contributed by atoms with E-state index in [2.05, 4.69) is 22.2 Å². The monoisotopic (exact) mass is 480 g/mol. The second kappa shape index (κ2) is 15.7. The maximum Gasteiger partial charge on any atom is 1.00 e. The van der Waals surface area contributed by atoms with Crippen molar-refractivity contribution in [1.82, 2.24) is 19.8 Å². The van der Waals surface area contributed by atoms with Gasteiger partial charge in [0.25, 0.3) is 0 Å². The third kappa shape index (κ3) is 10.6. The summed E-state index contributed by atoms with van der Waals surface area (Å²) in [6, 6.07) is 0. The van der Waals surface area contributed by atoms with E-state index < -0.39 is 15.4 Å². The van der Waals surface area contributed by atoms with Gasteiger partial charge in [0.15, 0.2) is 5.82 Å². The van der Waals surface area contributed by atoms with Gasteiger partial charge in [-0.25, -0.2) is 8.42 Å². The quantitative estimate of drug-likeness (QED) is 0.196. The molecule has 0 saturated carbocycles. The average molecular weight is 481 g/mol. The molecule has 0 radical (unpaired) electrons. The van der Waals surface area contributed by atoms with Gasteiger partial charge in [0.2, 0.25) is 4.96 Å². The van der Waals surface area contributed by atoms with Crippen LogP contribution in [0.1, 0.15) is 119 Å². The Morgan fingerprint density at radius 1 is 0.871 bits per heavy atom. The third-order valence-corrected chi connectivity index (χ3v) is 7.53. The van der Waals surface area contributed by atoms with Gasteiger partial charge in [0.05, 0.1) is 0 Å². The van der Waals surface area contributed by atoms with Crippen molar-refractivity contribution in [2.24, 2.45) is 0 Å². The molecule has 0 aromatic carbocycles. The van der Waals surface area contributed by atoms with Crippen LogP contribution in [0.25, 0.3) is 4.96 Å². The zero-order chi connectivity index (χ0) is 21.8. The first kappa shape index (κ1) is 29.0. The van der Waals surface area contributed by atoms with Crippen LogP contribution in [-0.2, 0) is 10.1 Å². The van der Waals surface area contributed by atoms with E-state index in [0.29, 0.717) is 11.4 Å². The summed E-state index contributed by atoms with van der Waals surface area (Å²) in [7, 11) is -4.50. The van der Waals surface area contributed by atoms with Crippen LogP contribution in [-0.4, -0.2) is 32.8 Å². The Hall–Kier alpha value is -0.0600. The zero-order valence-electron chi connectivity index (χ0n) is 19.5. The summed E-state index contributed by atoms with van der Waals surface area (Å²) in [5.41, 5.74) is 0. The van der Waals surface area contributed by atoms with E-state index in [9.17, 15) is 13.0 Å². The Bertz CT molecular complexity index is 839. The summed E-state index contributed by atoms with van der Waals surface area (Å²) in [5.74, 6) is 0.152. The SMILES string of the molecule is CCCCCCCCCCCCCCCCC(c1nnc2sc(C)nn12)S(=O)(=O)[O-].[Na+]. The summed E-state index contributed by atoms with van der Waals surface area (Å²) < 4.78 is 36.8. The maximum absolute atomic E-state index is 11.8. The summed E-state index contributed by atoms with van der Waals surface area (Å²) >= 11 is 1.33. The normalized spacial score (nSPS) is 12.9. The molecule has 0 bridgehead atoms. The van der Waals surface area contributed by atoms with Gasteiger partial charge in [0, 0.05) is 0 Å². The second-order valence-corrected chi connectivity index (χ2v) is 11.0. The molecule has 0 saturated heterocycles. The number of unbranched alkanes of at least 4 members (excludes halogenated alkanes) is 13. The van der Waals surface area contributed by atoms with Crippen LogP contribution in [0, 0.1) is 6.92 Å². The Kier molecular flexibility index (Phi) is 14.7. The molecular weight excluding hydrogens is 443 g/mol. The van der Waals surface area contributed by atoms with Crippen molar-refractivity contribution < 1.29 is 42.5 Å². The Morgan fingerprint density at radius 2 is 1.35 bits per heavy atom. The first-order valence-corrected chi connectivity index (χ1v) is 13.9. The minimum absolute atomic E-state index is 0. The summed E-state index contributed by atoms with van der Waals surface area (Å²) in [6.07, 6.45) is 17.5. The van der Waals surface area contributed by atoms with Crippen molar-refractivity contribution in [2.45, 2.75) is 115 Å². The van der Waals surface area contributed by atoms with Gasteiger partial charge in [0.1, 0.15) is 20.4 Å². The van der Waals surface area contributed by atoms with Crippen LogP contribution < -0.4 is 29.6 Å². The number of fused-ring (bicyclic) bond motifs is 1. The molecule has 0 aliphatic rings. The molecule has 0 N–H and O–H groups in total. The van der Waals surface area contributed by atoms with Crippen molar-refractivity contribution in [3.8, 4) is 0 Å². The molecule has 1 atom stereocenters. The predicted octanol–water partition coefficient (Wildman–Crippen LogP) is 2.96. The van der Waals surface area contributed by atoms with Crippen LogP contribution in [0.5, 0.6) is 0 Å². The van der Waals surface area contributed by atoms with Crippen LogP contribution in [0.3, 0.4) is 0 Å². The van der Waals surface area contributed by atoms with Gasteiger partial charge in [-0.15, -0.1) is 10.2 Å². The molecule has 2 aromatic heterocycles. The predicted molar refractivity (Wildman–Crippen MR) is 121 cm³/mol. The van der Waals surface area contributed by atoms with Crippen molar-refractivity contribution >= 4 is 26.4 Å². The van der Waals surface area contributed by atoms with Crippen LogP contribution >= 0.6 is 11.3 Å². The minimum Gasteiger partial charge on any atom is -0.747 e. The van der Waals surface area contributed by atoms with E-state index in [1.807, 2.05) is 6.92 Å². The van der Waals surface area contributed by atoms with E-state index in [-0.39, 0.29) is 41.8 Å². The molecule has 31 heavy (non-hydrogen) atoms. The Balaban J connectivity index is 0.00000480. The number of rotatable bonds is 17.